The number of hydrogen-bond donors (Lipinski definition) is 2. The Kier molecular flexibility index (Phi) is 7.51. The Balaban J connectivity index is 0.00000243. The average molecular weight is 483 g/mol. The van der Waals surface area contributed by atoms with Crippen LogP contribution in [0.3, 0.4) is 0 Å². The fraction of sp³-hybridized carbons (Fsp3) is 0.294. The maximum atomic E-state index is 4.50. The van der Waals surface area contributed by atoms with Crippen molar-refractivity contribution < 1.29 is 0 Å². The molecule has 138 valence electrons. The average Bonchev–Trinajstić information content (AvgIpc) is 3.24. The first-order valence-electron chi connectivity index (χ1n) is 7.97. The van der Waals surface area contributed by atoms with Crippen LogP contribution in [0.15, 0.2) is 41.9 Å². The summed E-state index contributed by atoms with van der Waals surface area (Å²) in [5.74, 6) is 2.52. The van der Waals surface area contributed by atoms with Gasteiger partial charge in [0.05, 0.1) is 6.54 Å². The first-order valence-corrected chi connectivity index (χ1v) is 8.78. The normalized spacial score (nSPS) is 11.1. The van der Waals surface area contributed by atoms with Gasteiger partial charge in [0.15, 0.2) is 5.96 Å². The van der Waals surface area contributed by atoms with Gasteiger partial charge < -0.3 is 10.6 Å². The lowest BCUT2D eigenvalue weighted by atomic mass is 10.3. The van der Waals surface area contributed by atoms with Crippen molar-refractivity contribution in [1.29, 1.82) is 0 Å². The third-order valence-corrected chi connectivity index (χ3v) is 4.55. The molecule has 7 nitrogen and oxygen atoms in total. The topological polar surface area (TPSA) is 80.0 Å². The molecule has 9 heteroatoms. The summed E-state index contributed by atoms with van der Waals surface area (Å²) >= 11 is 1.68. The van der Waals surface area contributed by atoms with Crippen LogP contribution in [0.4, 0.5) is 0 Å². The summed E-state index contributed by atoms with van der Waals surface area (Å²) in [6, 6.07) is 4.03. The molecule has 0 radical (unpaired) electrons. The summed E-state index contributed by atoms with van der Waals surface area (Å²) in [5.41, 5.74) is 1.08. The molecule has 0 atom stereocenters. The molecule has 3 rings (SSSR count). The fourth-order valence-corrected chi connectivity index (χ4v) is 3.06. The zero-order valence-corrected chi connectivity index (χ0v) is 18.1. The summed E-state index contributed by atoms with van der Waals surface area (Å²) in [6.45, 7) is 5.31. The van der Waals surface area contributed by atoms with Crippen LogP contribution < -0.4 is 10.6 Å². The Labute approximate surface area is 174 Å². The zero-order valence-electron chi connectivity index (χ0n) is 14.9. The van der Waals surface area contributed by atoms with Crippen molar-refractivity contribution in [3.8, 4) is 5.82 Å². The molecule has 0 aliphatic rings. The van der Waals surface area contributed by atoms with Gasteiger partial charge in [0, 0.05) is 43.3 Å². The second kappa shape index (κ2) is 9.62. The summed E-state index contributed by atoms with van der Waals surface area (Å²) < 4.78 is 1.95. The number of aliphatic imine (C=N–C) groups is 1. The highest BCUT2D eigenvalue weighted by molar-refractivity contribution is 14.0. The number of nitrogens with one attached hydrogen (secondary N) is 2. The minimum absolute atomic E-state index is 0. The van der Waals surface area contributed by atoms with Gasteiger partial charge >= 0.3 is 0 Å². The lowest BCUT2D eigenvalue weighted by molar-refractivity contribution is 0.801. The molecule has 0 aromatic carbocycles. The summed E-state index contributed by atoms with van der Waals surface area (Å²) in [6.07, 6.45) is 7.42. The molecular formula is C17H22IN7S. The first-order chi connectivity index (χ1) is 12.2. The number of rotatable bonds is 5. The van der Waals surface area contributed by atoms with Gasteiger partial charge in [-0.3, -0.25) is 9.56 Å². The van der Waals surface area contributed by atoms with Gasteiger partial charge in [-0.1, -0.05) is 6.07 Å². The smallest absolute Gasteiger partial charge is 0.191 e. The van der Waals surface area contributed by atoms with Crippen LogP contribution in [0, 0.1) is 13.8 Å². The molecule has 0 spiro atoms. The summed E-state index contributed by atoms with van der Waals surface area (Å²) in [5, 5.41) is 7.59. The third-order valence-electron chi connectivity index (χ3n) is 3.64. The molecule has 0 fully saturated rings. The van der Waals surface area contributed by atoms with E-state index in [1.54, 1.807) is 24.6 Å². The first kappa shape index (κ1) is 20.3. The molecular weight excluding hydrogens is 461 g/mol. The monoisotopic (exact) mass is 483 g/mol. The molecule has 0 saturated carbocycles. The van der Waals surface area contributed by atoms with Crippen LogP contribution in [-0.4, -0.2) is 32.5 Å². The van der Waals surface area contributed by atoms with Gasteiger partial charge in [0.25, 0.3) is 0 Å². The van der Waals surface area contributed by atoms with E-state index in [9.17, 15) is 0 Å². The number of guanidine groups is 1. The van der Waals surface area contributed by atoms with Crippen LogP contribution >= 0.6 is 35.3 Å². The molecule has 0 aliphatic heterocycles. The quantitative estimate of drug-likeness (QED) is 0.332. The van der Waals surface area contributed by atoms with Crippen molar-refractivity contribution in [3.63, 3.8) is 0 Å². The van der Waals surface area contributed by atoms with E-state index in [0.29, 0.717) is 13.1 Å². The Hall–Kier alpha value is -2.01. The Morgan fingerprint density at radius 2 is 1.92 bits per heavy atom. The predicted octanol–water partition coefficient (Wildman–Crippen LogP) is 2.82. The molecule has 2 N–H and O–H groups in total. The van der Waals surface area contributed by atoms with E-state index in [2.05, 4.69) is 37.5 Å². The van der Waals surface area contributed by atoms with Gasteiger partial charge in [-0.25, -0.2) is 15.0 Å². The van der Waals surface area contributed by atoms with Gasteiger partial charge in [0.1, 0.15) is 16.6 Å². The van der Waals surface area contributed by atoms with E-state index in [0.717, 1.165) is 28.2 Å². The van der Waals surface area contributed by atoms with E-state index < -0.39 is 0 Å². The SMILES string of the molecule is CN=C(NCc1ccc(-n2ccnc2C)nc1)NCc1ncc(C)s1.I. The van der Waals surface area contributed by atoms with E-state index >= 15 is 0 Å². The molecule has 0 saturated heterocycles. The number of halogens is 1. The van der Waals surface area contributed by atoms with Gasteiger partial charge in [-0.15, -0.1) is 35.3 Å². The Morgan fingerprint density at radius 3 is 2.50 bits per heavy atom. The van der Waals surface area contributed by atoms with Gasteiger partial charge in [0.2, 0.25) is 0 Å². The predicted molar refractivity (Wildman–Crippen MR) is 115 cm³/mol. The number of pyridine rings is 1. The highest BCUT2D eigenvalue weighted by Gasteiger charge is 2.04. The molecule has 3 aromatic rings. The van der Waals surface area contributed by atoms with Crippen LogP contribution in [0.2, 0.25) is 0 Å². The molecule has 0 unspecified atom stereocenters. The van der Waals surface area contributed by atoms with E-state index in [1.165, 1.54) is 4.88 Å². The minimum Gasteiger partial charge on any atom is -0.352 e. The standard InChI is InChI=1S/C17H21N7S.HI/c1-12-8-21-16(25-12)11-23-17(18-3)22-10-14-4-5-15(20-9-14)24-7-6-19-13(24)2;/h4-9H,10-11H2,1-3H3,(H2,18,22,23);1H. The van der Waals surface area contributed by atoms with Crippen molar-refractivity contribution in [3.05, 3.63) is 58.2 Å². The number of imidazole rings is 1. The lowest BCUT2D eigenvalue weighted by Crippen LogP contribution is -2.36. The Bertz CT molecular complexity index is 854. The van der Waals surface area contributed by atoms with Crippen molar-refractivity contribution >= 4 is 41.3 Å². The van der Waals surface area contributed by atoms with Crippen molar-refractivity contribution in [1.82, 2.24) is 30.2 Å². The van der Waals surface area contributed by atoms with Crippen LogP contribution in [0.5, 0.6) is 0 Å². The maximum Gasteiger partial charge on any atom is 0.191 e. The second-order valence-electron chi connectivity index (χ2n) is 5.51. The highest BCUT2D eigenvalue weighted by atomic mass is 127. The van der Waals surface area contributed by atoms with Crippen LogP contribution in [0.1, 0.15) is 21.3 Å². The van der Waals surface area contributed by atoms with Crippen LogP contribution in [-0.2, 0) is 13.1 Å². The van der Waals surface area contributed by atoms with Crippen molar-refractivity contribution in [2.45, 2.75) is 26.9 Å². The van der Waals surface area contributed by atoms with Gasteiger partial charge in [-0.2, -0.15) is 0 Å². The number of aromatic nitrogens is 4. The second-order valence-corrected chi connectivity index (χ2v) is 6.83. The molecule has 3 aromatic heterocycles. The number of hydrogen-bond acceptors (Lipinski definition) is 5. The minimum atomic E-state index is 0. The van der Waals surface area contributed by atoms with Crippen LogP contribution in [0.25, 0.3) is 5.82 Å². The fourth-order valence-electron chi connectivity index (χ4n) is 2.33. The zero-order chi connectivity index (χ0) is 17.6. The highest BCUT2D eigenvalue weighted by Crippen LogP contribution is 2.10. The molecule has 0 aliphatic carbocycles. The molecule has 26 heavy (non-hydrogen) atoms. The van der Waals surface area contributed by atoms with E-state index in [1.807, 2.05) is 42.2 Å². The lowest BCUT2D eigenvalue weighted by Gasteiger charge is -2.11. The van der Waals surface area contributed by atoms with E-state index in [-0.39, 0.29) is 24.0 Å². The number of aryl methyl sites for hydroxylation is 2. The number of thiazole rings is 1. The maximum absolute atomic E-state index is 4.50. The molecule has 0 bridgehead atoms. The summed E-state index contributed by atoms with van der Waals surface area (Å²) in [4.78, 5) is 18.5. The molecule has 0 amide bonds. The summed E-state index contributed by atoms with van der Waals surface area (Å²) in [7, 11) is 1.76. The Morgan fingerprint density at radius 1 is 1.12 bits per heavy atom. The molecule has 3 heterocycles. The number of nitrogens with zero attached hydrogens (tertiary/aromatic N) is 5. The van der Waals surface area contributed by atoms with E-state index in [4.69, 9.17) is 0 Å². The largest absolute Gasteiger partial charge is 0.352 e. The third kappa shape index (κ3) is 5.24. The van der Waals surface area contributed by atoms with Crippen molar-refractivity contribution in [2.75, 3.05) is 7.05 Å². The van der Waals surface area contributed by atoms with Gasteiger partial charge in [-0.05, 0) is 25.5 Å². The van der Waals surface area contributed by atoms with Crippen molar-refractivity contribution in [2.24, 2.45) is 4.99 Å².